The van der Waals surface area contributed by atoms with Crippen LogP contribution < -0.4 is 0 Å². The second-order valence-electron chi connectivity index (χ2n) is 8.69. The van der Waals surface area contributed by atoms with Crippen LogP contribution in [-0.4, -0.2) is 10.4 Å². The lowest BCUT2D eigenvalue weighted by Crippen LogP contribution is -2.30. The topological polar surface area (TPSA) is 3.01 Å². The Kier molecular flexibility index (Phi) is 5.32. The lowest BCUT2D eigenvalue weighted by Gasteiger charge is -2.26. The van der Waals surface area contributed by atoms with Crippen LogP contribution in [0.25, 0.3) is 5.57 Å². The number of hydrogen-bond acceptors (Lipinski definition) is 1. The van der Waals surface area contributed by atoms with Crippen molar-refractivity contribution in [3.63, 3.8) is 0 Å². The largest absolute Gasteiger partial charge is 0.359 e. The molecule has 0 aliphatic carbocycles. The molecule has 0 spiro atoms. The molecule has 1 aliphatic rings. The summed E-state index contributed by atoms with van der Waals surface area (Å²) in [4.78, 5) is 2.62. The molecule has 1 unspecified atom stereocenters. The lowest BCUT2D eigenvalue weighted by atomic mass is 9.80. The molecule has 4 rings (SSSR count). The molecular weight excluding hydrogens is 350 g/mol. The summed E-state index contributed by atoms with van der Waals surface area (Å²) in [5.41, 5.74) is 5.36. The first kappa shape index (κ1) is 19.5. The summed E-state index contributed by atoms with van der Waals surface area (Å²) >= 11 is 0. The van der Waals surface area contributed by atoms with Gasteiger partial charge in [-0.3, -0.25) is 0 Å². The third-order valence-corrected chi connectivity index (χ3v) is 6.50. The predicted molar refractivity (Wildman–Crippen MR) is 123 cm³/mol. The molecule has 0 saturated carbocycles. The van der Waals surface area contributed by atoms with Crippen molar-refractivity contribution in [2.24, 2.45) is 11.8 Å². The molecule has 148 valence electrons. The van der Waals surface area contributed by atoms with E-state index in [0.717, 1.165) is 0 Å². The fourth-order valence-electron chi connectivity index (χ4n) is 5.18. The lowest BCUT2D eigenvalue weighted by molar-refractivity contribution is 0.285. The SMILES string of the molecule is CC(C)C1(C(C)C)C(c2ccccc2)N1C=C(c1ccccc1)c1ccccc1. The highest BCUT2D eigenvalue weighted by atomic mass is 15.4. The zero-order valence-corrected chi connectivity index (χ0v) is 17.9. The van der Waals surface area contributed by atoms with Crippen LogP contribution in [0.1, 0.15) is 50.4 Å². The molecule has 29 heavy (non-hydrogen) atoms. The van der Waals surface area contributed by atoms with Gasteiger partial charge in [0.2, 0.25) is 0 Å². The van der Waals surface area contributed by atoms with Crippen LogP contribution >= 0.6 is 0 Å². The van der Waals surface area contributed by atoms with Gasteiger partial charge in [-0.25, -0.2) is 0 Å². The van der Waals surface area contributed by atoms with Crippen LogP contribution in [0, 0.1) is 11.8 Å². The molecule has 1 fully saturated rings. The number of hydrogen-bond donors (Lipinski definition) is 0. The Morgan fingerprint density at radius 3 is 1.52 bits per heavy atom. The Morgan fingerprint density at radius 1 is 0.690 bits per heavy atom. The van der Waals surface area contributed by atoms with Crippen molar-refractivity contribution < 1.29 is 0 Å². The summed E-state index contributed by atoms with van der Waals surface area (Å²) in [6.45, 7) is 9.48. The molecule has 0 bridgehead atoms. The highest BCUT2D eigenvalue weighted by Crippen LogP contribution is 2.62. The summed E-state index contributed by atoms with van der Waals surface area (Å²) in [6, 6.07) is 32.9. The van der Waals surface area contributed by atoms with E-state index >= 15 is 0 Å². The minimum Gasteiger partial charge on any atom is -0.359 e. The molecule has 0 radical (unpaired) electrons. The van der Waals surface area contributed by atoms with Crippen molar-refractivity contribution in [3.05, 3.63) is 114 Å². The van der Waals surface area contributed by atoms with Gasteiger partial charge in [-0.1, -0.05) is 119 Å². The van der Waals surface area contributed by atoms with Crippen molar-refractivity contribution >= 4 is 5.57 Å². The maximum absolute atomic E-state index is 2.62. The van der Waals surface area contributed by atoms with E-state index in [9.17, 15) is 0 Å². The van der Waals surface area contributed by atoms with E-state index < -0.39 is 0 Å². The highest BCUT2D eigenvalue weighted by Gasteiger charge is 2.65. The van der Waals surface area contributed by atoms with Crippen molar-refractivity contribution in [2.45, 2.75) is 39.3 Å². The van der Waals surface area contributed by atoms with E-state index in [4.69, 9.17) is 0 Å². The van der Waals surface area contributed by atoms with E-state index in [1.807, 2.05) is 0 Å². The van der Waals surface area contributed by atoms with Crippen LogP contribution in [0.4, 0.5) is 0 Å². The van der Waals surface area contributed by atoms with Gasteiger partial charge in [0.15, 0.2) is 0 Å². The monoisotopic (exact) mass is 381 g/mol. The molecule has 3 aromatic carbocycles. The molecule has 0 amide bonds. The van der Waals surface area contributed by atoms with Gasteiger partial charge in [0.25, 0.3) is 0 Å². The van der Waals surface area contributed by atoms with Gasteiger partial charge < -0.3 is 4.90 Å². The van der Waals surface area contributed by atoms with Crippen LogP contribution in [0.5, 0.6) is 0 Å². The highest BCUT2D eigenvalue weighted by molar-refractivity contribution is 5.80. The first-order chi connectivity index (χ1) is 14.1. The quantitative estimate of drug-likeness (QED) is 0.409. The molecule has 3 aromatic rings. The predicted octanol–water partition coefficient (Wildman–Crippen LogP) is 7.18. The Hall–Kier alpha value is -2.80. The molecule has 1 saturated heterocycles. The molecule has 1 atom stereocenters. The second-order valence-corrected chi connectivity index (χ2v) is 8.69. The zero-order chi connectivity index (χ0) is 20.4. The van der Waals surface area contributed by atoms with Crippen molar-refractivity contribution in [2.75, 3.05) is 0 Å². The Labute approximate surface area is 175 Å². The molecule has 0 N–H and O–H groups in total. The van der Waals surface area contributed by atoms with Gasteiger partial charge in [-0.05, 0) is 28.5 Å². The smallest absolute Gasteiger partial charge is 0.0781 e. The standard InChI is InChI=1S/C28H31N/c1-21(2)28(22(3)4)27(25-18-12-7-13-19-25)29(28)20-26(23-14-8-5-9-15-23)24-16-10-6-11-17-24/h5-22,27H,1-4H3. The number of rotatable bonds is 6. The second kappa shape index (κ2) is 7.91. The first-order valence-corrected chi connectivity index (χ1v) is 10.7. The van der Waals surface area contributed by atoms with Crippen LogP contribution in [-0.2, 0) is 0 Å². The summed E-state index contributed by atoms with van der Waals surface area (Å²) in [5.74, 6) is 1.11. The maximum Gasteiger partial charge on any atom is 0.0781 e. The van der Waals surface area contributed by atoms with Gasteiger partial charge in [0.05, 0.1) is 11.6 Å². The van der Waals surface area contributed by atoms with E-state index in [1.165, 1.54) is 22.3 Å². The third-order valence-electron chi connectivity index (χ3n) is 6.50. The zero-order valence-electron chi connectivity index (χ0n) is 17.9. The summed E-state index contributed by atoms with van der Waals surface area (Å²) in [5, 5.41) is 0. The van der Waals surface area contributed by atoms with Crippen LogP contribution in [0.2, 0.25) is 0 Å². The Bertz CT molecular complexity index is 905. The molecular formula is C28H31N. The third kappa shape index (κ3) is 3.40. The van der Waals surface area contributed by atoms with Crippen molar-refractivity contribution in [1.29, 1.82) is 0 Å². The minimum absolute atomic E-state index is 0.135. The minimum atomic E-state index is 0.135. The number of benzene rings is 3. The first-order valence-electron chi connectivity index (χ1n) is 10.7. The van der Waals surface area contributed by atoms with E-state index in [0.29, 0.717) is 17.9 Å². The fraction of sp³-hybridized carbons (Fsp3) is 0.286. The van der Waals surface area contributed by atoms with Crippen molar-refractivity contribution in [3.8, 4) is 0 Å². The van der Waals surface area contributed by atoms with E-state index in [1.54, 1.807) is 0 Å². The maximum atomic E-state index is 2.62. The van der Waals surface area contributed by atoms with Crippen molar-refractivity contribution in [1.82, 2.24) is 4.90 Å². The van der Waals surface area contributed by atoms with Gasteiger partial charge >= 0.3 is 0 Å². The van der Waals surface area contributed by atoms with E-state index in [-0.39, 0.29) is 5.54 Å². The summed E-state index contributed by atoms with van der Waals surface area (Å²) in [6.07, 6.45) is 2.42. The van der Waals surface area contributed by atoms with Crippen LogP contribution in [0.3, 0.4) is 0 Å². The normalized spacial score (nSPS) is 17.4. The van der Waals surface area contributed by atoms with Crippen LogP contribution in [0.15, 0.2) is 97.2 Å². The molecule has 1 nitrogen and oxygen atoms in total. The average Bonchev–Trinajstić information content (AvgIpc) is 3.44. The summed E-state index contributed by atoms with van der Waals surface area (Å²) < 4.78 is 0. The molecule has 0 aromatic heterocycles. The molecule has 1 heteroatoms. The van der Waals surface area contributed by atoms with Gasteiger partial charge in [-0.15, -0.1) is 0 Å². The number of nitrogens with zero attached hydrogens (tertiary/aromatic N) is 1. The molecule has 1 aliphatic heterocycles. The Morgan fingerprint density at radius 2 is 1.10 bits per heavy atom. The van der Waals surface area contributed by atoms with E-state index in [2.05, 4.69) is 130 Å². The average molecular weight is 382 g/mol. The molecule has 1 heterocycles. The summed E-state index contributed by atoms with van der Waals surface area (Å²) in [7, 11) is 0. The van der Waals surface area contributed by atoms with Gasteiger partial charge in [0, 0.05) is 11.8 Å². The Balaban J connectivity index is 1.86. The van der Waals surface area contributed by atoms with Gasteiger partial charge in [0.1, 0.15) is 0 Å². The fourth-order valence-corrected chi connectivity index (χ4v) is 5.18. The van der Waals surface area contributed by atoms with Gasteiger partial charge in [-0.2, -0.15) is 0 Å².